The maximum atomic E-state index is 13.4. The van der Waals surface area contributed by atoms with E-state index in [-0.39, 0.29) is 6.42 Å². The van der Waals surface area contributed by atoms with Crippen molar-refractivity contribution < 1.29 is 9.18 Å². The van der Waals surface area contributed by atoms with Gasteiger partial charge in [-0.05, 0) is 12.0 Å². The zero-order chi connectivity index (χ0) is 9.47. The van der Waals surface area contributed by atoms with Gasteiger partial charge in [-0.25, -0.2) is 4.39 Å². The zero-order valence-electron chi connectivity index (χ0n) is 6.89. The van der Waals surface area contributed by atoms with E-state index >= 15 is 0 Å². The topological polar surface area (TPSA) is 17.1 Å². The molecular weight excluding hydrogens is 191 g/mol. The van der Waals surface area contributed by atoms with Crippen molar-refractivity contribution in [1.29, 1.82) is 0 Å². The number of carbonyl (C=O) groups is 1. The van der Waals surface area contributed by atoms with E-state index in [0.717, 1.165) is 5.56 Å². The van der Waals surface area contributed by atoms with E-state index in [4.69, 9.17) is 11.6 Å². The Labute approximate surface area is 80.5 Å². The number of ketones is 1. The first kappa shape index (κ1) is 8.70. The summed E-state index contributed by atoms with van der Waals surface area (Å²) in [7, 11) is 0. The van der Waals surface area contributed by atoms with Gasteiger partial charge in [0.15, 0.2) is 0 Å². The summed E-state index contributed by atoms with van der Waals surface area (Å²) in [5.41, 5.74) is 1.31. The molecule has 1 nitrogen and oxygen atoms in total. The summed E-state index contributed by atoms with van der Waals surface area (Å²) in [5, 5.41) is -2.19. The molecule has 0 bridgehead atoms. The molecular formula is C10H8ClFO. The van der Waals surface area contributed by atoms with Gasteiger partial charge in [0.25, 0.3) is 0 Å². The van der Waals surface area contributed by atoms with Crippen LogP contribution in [0.1, 0.15) is 22.3 Å². The SMILES string of the molecule is O=C1c2ccccc2CC[C@@]1(F)Cl. The predicted octanol–water partition coefficient (Wildman–Crippen LogP) is 2.72. The Balaban J connectivity index is 2.52. The molecule has 0 aromatic heterocycles. The second kappa shape index (κ2) is 2.81. The van der Waals surface area contributed by atoms with Gasteiger partial charge >= 0.3 is 0 Å². The summed E-state index contributed by atoms with van der Waals surface area (Å²) < 4.78 is 13.4. The number of aryl methyl sites for hydroxylation is 1. The van der Waals surface area contributed by atoms with Crippen molar-refractivity contribution in [3.05, 3.63) is 35.4 Å². The third-order valence-electron chi connectivity index (χ3n) is 2.30. The molecule has 1 aliphatic rings. The molecule has 1 atom stereocenters. The molecule has 0 heterocycles. The van der Waals surface area contributed by atoms with E-state index in [2.05, 4.69) is 0 Å². The summed E-state index contributed by atoms with van der Waals surface area (Å²) in [6, 6.07) is 7.01. The molecule has 0 spiro atoms. The highest BCUT2D eigenvalue weighted by atomic mass is 35.5. The van der Waals surface area contributed by atoms with Crippen molar-refractivity contribution in [2.75, 3.05) is 0 Å². The Hall–Kier alpha value is -0.890. The van der Waals surface area contributed by atoms with Crippen LogP contribution in [-0.4, -0.2) is 10.9 Å². The van der Waals surface area contributed by atoms with Crippen LogP contribution in [0.15, 0.2) is 24.3 Å². The largest absolute Gasteiger partial charge is 0.289 e. The molecule has 2 rings (SSSR count). The van der Waals surface area contributed by atoms with E-state index in [0.29, 0.717) is 12.0 Å². The third-order valence-corrected chi connectivity index (χ3v) is 2.66. The van der Waals surface area contributed by atoms with Crippen LogP contribution < -0.4 is 0 Å². The van der Waals surface area contributed by atoms with Crippen molar-refractivity contribution in [3.63, 3.8) is 0 Å². The minimum absolute atomic E-state index is 0.0738. The predicted molar refractivity (Wildman–Crippen MR) is 48.8 cm³/mol. The van der Waals surface area contributed by atoms with E-state index in [1.807, 2.05) is 12.1 Å². The lowest BCUT2D eigenvalue weighted by molar-refractivity contribution is 0.0802. The van der Waals surface area contributed by atoms with Crippen LogP contribution >= 0.6 is 11.6 Å². The van der Waals surface area contributed by atoms with Gasteiger partial charge in [-0.1, -0.05) is 35.9 Å². The Morgan fingerprint density at radius 2 is 2.08 bits per heavy atom. The molecule has 0 N–H and O–H groups in total. The minimum atomic E-state index is -2.19. The van der Waals surface area contributed by atoms with E-state index in [1.54, 1.807) is 12.1 Å². The average Bonchev–Trinajstić information content (AvgIpc) is 2.13. The summed E-state index contributed by atoms with van der Waals surface area (Å²) >= 11 is 5.43. The highest BCUT2D eigenvalue weighted by Crippen LogP contribution is 2.34. The van der Waals surface area contributed by atoms with Gasteiger partial charge in [-0.3, -0.25) is 4.79 Å². The number of benzene rings is 1. The maximum absolute atomic E-state index is 13.4. The lowest BCUT2D eigenvalue weighted by Gasteiger charge is -2.23. The average molecular weight is 199 g/mol. The first-order chi connectivity index (χ1) is 6.11. The van der Waals surface area contributed by atoms with Gasteiger partial charge in [0, 0.05) is 12.0 Å². The lowest BCUT2D eigenvalue weighted by Crippen LogP contribution is -2.32. The maximum Gasteiger partial charge on any atom is 0.246 e. The molecule has 0 saturated carbocycles. The number of hydrogen-bond donors (Lipinski definition) is 0. The quantitative estimate of drug-likeness (QED) is 0.586. The highest BCUT2D eigenvalue weighted by molar-refractivity contribution is 6.37. The summed E-state index contributed by atoms with van der Waals surface area (Å²) in [6.45, 7) is 0. The van der Waals surface area contributed by atoms with Gasteiger partial charge in [0.1, 0.15) is 0 Å². The number of halogens is 2. The molecule has 0 fully saturated rings. The monoisotopic (exact) mass is 198 g/mol. The second-order valence-electron chi connectivity index (χ2n) is 3.19. The van der Waals surface area contributed by atoms with Gasteiger partial charge in [0.2, 0.25) is 10.9 Å². The molecule has 1 aliphatic carbocycles. The molecule has 13 heavy (non-hydrogen) atoms. The molecule has 0 radical (unpaired) electrons. The summed E-state index contributed by atoms with van der Waals surface area (Å²) in [6.07, 6.45) is 0.603. The standard InChI is InChI=1S/C10H8ClFO/c11-10(12)6-5-7-3-1-2-4-8(7)9(10)13/h1-4H,5-6H2/t10-/m0/s1. The Bertz CT molecular complexity index is 360. The normalized spacial score (nSPS) is 27.1. The van der Waals surface area contributed by atoms with Gasteiger partial charge in [0.05, 0.1) is 0 Å². The van der Waals surface area contributed by atoms with Crippen LogP contribution in [0, 0.1) is 0 Å². The van der Waals surface area contributed by atoms with Gasteiger partial charge in [-0.2, -0.15) is 0 Å². The fraction of sp³-hybridized carbons (Fsp3) is 0.300. The first-order valence-electron chi connectivity index (χ1n) is 4.12. The smallest absolute Gasteiger partial charge is 0.246 e. The van der Waals surface area contributed by atoms with Crippen molar-refractivity contribution >= 4 is 17.4 Å². The third kappa shape index (κ3) is 1.35. The van der Waals surface area contributed by atoms with E-state index < -0.39 is 10.9 Å². The Kier molecular flexibility index (Phi) is 1.88. The molecule has 0 aliphatic heterocycles. The summed E-state index contributed by atoms with van der Waals surface area (Å²) in [4.78, 5) is 11.4. The molecule has 0 amide bonds. The van der Waals surface area contributed by atoms with Gasteiger partial charge < -0.3 is 0 Å². The van der Waals surface area contributed by atoms with E-state index in [1.165, 1.54) is 0 Å². The Morgan fingerprint density at radius 3 is 2.85 bits per heavy atom. The number of Topliss-reactive ketones (excluding diaryl/α,β-unsaturated/α-hetero) is 1. The van der Waals surface area contributed by atoms with E-state index in [9.17, 15) is 9.18 Å². The first-order valence-corrected chi connectivity index (χ1v) is 4.49. The van der Waals surface area contributed by atoms with Crippen LogP contribution in [0.25, 0.3) is 0 Å². The number of alkyl halides is 2. The molecule has 0 unspecified atom stereocenters. The fourth-order valence-corrected chi connectivity index (χ4v) is 1.76. The number of carbonyl (C=O) groups excluding carboxylic acids is 1. The van der Waals surface area contributed by atoms with Crippen molar-refractivity contribution in [1.82, 2.24) is 0 Å². The van der Waals surface area contributed by atoms with Crippen LogP contribution in [0.2, 0.25) is 0 Å². The summed E-state index contributed by atoms with van der Waals surface area (Å²) in [5.74, 6) is -0.601. The number of hydrogen-bond acceptors (Lipinski definition) is 1. The van der Waals surface area contributed by atoms with Crippen LogP contribution in [-0.2, 0) is 6.42 Å². The number of rotatable bonds is 0. The lowest BCUT2D eigenvalue weighted by atomic mass is 9.89. The van der Waals surface area contributed by atoms with Crippen LogP contribution in [0.3, 0.4) is 0 Å². The highest BCUT2D eigenvalue weighted by Gasteiger charge is 2.40. The molecule has 68 valence electrons. The molecule has 1 aromatic carbocycles. The van der Waals surface area contributed by atoms with Crippen molar-refractivity contribution in [3.8, 4) is 0 Å². The van der Waals surface area contributed by atoms with Gasteiger partial charge in [-0.15, -0.1) is 0 Å². The van der Waals surface area contributed by atoms with Crippen LogP contribution in [0.5, 0.6) is 0 Å². The molecule has 1 aromatic rings. The van der Waals surface area contributed by atoms with Crippen molar-refractivity contribution in [2.24, 2.45) is 0 Å². The number of fused-ring (bicyclic) bond motifs is 1. The zero-order valence-corrected chi connectivity index (χ0v) is 7.64. The molecule has 3 heteroatoms. The second-order valence-corrected chi connectivity index (χ2v) is 3.79. The van der Waals surface area contributed by atoms with Crippen LogP contribution in [0.4, 0.5) is 4.39 Å². The molecule has 0 saturated heterocycles. The Morgan fingerprint density at radius 1 is 1.38 bits per heavy atom. The fourth-order valence-electron chi connectivity index (χ4n) is 1.56. The minimum Gasteiger partial charge on any atom is -0.289 e. The van der Waals surface area contributed by atoms with Crippen molar-refractivity contribution in [2.45, 2.75) is 18.0 Å².